The van der Waals surface area contributed by atoms with Gasteiger partial charge in [-0.25, -0.2) is 0 Å². The number of fused-ring (bicyclic) bond motifs is 1. The zero-order chi connectivity index (χ0) is 15.5. The number of unbranched alkanes of at least 4 members (excludes halogenated alkanes) is 2. The Morgan fingerprint density at radius 1 is 1.05 bits per heavy atom. The summed E-state index contributed by atoms with van der Waals surface area (Å²) in [4.78, 5) is 0. The number of hydrogen-bond donors (Lipinski definition) is 0. The second kappa shape index (κ2) is 7.32. The van der Waals surface area contributed by atoms with E-state index < -0.39 is 0 Å². The second-order valence-electron chi connectivity index (χ2n) is 5.83. The molecule has 2 rings (SSSR count). The van der Waals surface area contributed by atoms with Crippen LogP contribution >= 0.6 is 31.9 Å². The van der Waals surface area contributed by atoms with E-state index in [4.69, 9.17) is 4.74 Å². The van der Waals surface area contributed by atoms with E-state index in [0.717, 1.165) is 5.75 Å². The summed E-state index contributed by atoms with van der Waals surface area (Å²) in [7, 11) is 1.74. The molecule has 0 saturated carbocycles. The van der Waals surface area contributed by atoms with E-state index in [0.29, 0.717) is 0 Å². The summed E-state index contributed by atoms with van der Waals surface area (Å²) in [5.74, 6) is 0.952. The minimum Gasteiger partial charge on any atom is -0.497 e. The van der Waals surface area contributed by atoms with Crippen LogP contribution in [0.15, 0.2) is 22.7 Å². The predicted octanol–water partition coefficient (Wildman–Crippen LogP) is 6.79. The summed E-state index contributed by atoms with van der Waals surface area (Å²) in [5, 5.41) is 0. The fraction of sp³-hybridized carbons (Fsp3) is 0.556. The van der Waals surface area contributed by atoms with Crippen LogP contribution in [0.25, 0.3) is 4.48 Å². The molecule has 21 heavy (non-hydrogen) atoms. The Morgan fingerprint density at radius 2 is 1.67 bits per heavy atom. The molecule has 3 heteroatoms. The summed E-state index contributed by atoms with van der Waals surface area (Å²) >= 11 is 7.71. The van der Waals surface area contributed by atoms with Crippen LogP contribution in [-0.4, -0.2) is 7.11 Å². The number of hydrogen-bond acceptors (Lipinski definition) is 1. The monoisotopic (exact) mass is 414 g/mol. The molecule has 1 aromatic carbocycles. The molecule has 0 aliphatic heterocycles. The molecule has 0 spiro atoms. The number of methoxy groups -OCH3 is 1. The van der Waals surface area contributed by atoms with Crippen molar-refractivity contribution >= 4 is 36.3 Å². The van der Waals surface area contributed by atoms with E-state index in [1.54, 1.807) is 7.11 Å². The molecule has 0 bridgehead atoms. The lowest BCUT2D eigenvalue weighted by atomic mass is 9.74. The Hall–Kier alpha value is -0.280. The van der Waals surface area contributed by atoms with Gasteiger partial charge in [0.15, 0.2) is 0 Å². The number of benzene rings is 1. The maximum absolute atomic E-state index is 5.46. The Bertz CT molecular complexity index is 526. The molecule has 0 unspecified atom stereocenters. The number of halogens is 2. The van der Waals surface area contributed by atoms with Gasteiger partial charge >= 0.3 is 0 Å². The molecule has 0 radical (unpaired) electrons. The fourth-order valence-electron chi connectivity index (χ4n) is 3.26. The SMILES string of the molecule is CCCCC1(CCCC)C(Br)=C(Br)c2ccc(OC)cc21. The maximum Gasteiger partial charge on any atom is 0.119 e. The van der Waals surface area contributed by atoms with Crippen LogP contribution in [0.1, 0.15) is 63.5 Å². The van der Waals surface area contributed by atoms with E-state index in [2.05, 4.69) is 63.9 Å². The van der Waals surface area contributed by atoms with Crippen LogP contribution in [-0.2, 0) is 5.41 Å². The zero-order valence-electron chi connectivity index (χ0n) is 13.1. The van der Waals surface area contributed by atoms with E-state index in [1.807, 2.05) is 0 Å². The summed E-state index contributed by atoms with van der Waals surface area (Å²) in [5.41, 5.74) is 2.85. The van der Waals surface area contributed by atoms with Gasteiger partial charge in [0.05, 0.1) is 7.11 Å². The first-order chi connectivity index (χ1) is 10.1. The lowest BCUT2D eigenvalue weighted by Crippen LogP contribution is -2.24. The average Bonchev–Trinajstić information content (AvgIpc) is 2.72. The van der Waals surface area contributed by atoms with Crippen molar-refractivity contribution in [1.29, 1.82) is 0 Å². The van der Waals surface area contributed by atoms with Crippen molar-refractivity contribution in [3.8, 4) is 5.75 Å². The van der Waals surface area contributed by atoms with Gasteiger partial charge in [0.1, 0.15) is 5.75 Å². The molecule has 0 fully saturated rings. The predicted molar refractivity (Wildman–Crippen MR) is 98.5 cm³/mol. The standard InChI is InChI=1S/C18H24Br2O/c1-4-6-10-18(11-7-5-2)15-12-13(21-3)8-9-14(15)16(19)17(18)20/h8-9,12H,4-7,10-11H2,1-3H3. The molecule has 1 nitrogen and oxygen atoms in total. The van der Waals surface area contributed by atoms with Gasteiger partial charge in [-0.3, -0.25) is 0 Å². The third-order valence-electron chi connectivity index (χ3n) is 4.51. The summed E-state index contributed by atoms with van der Waals surface area (Å²) in [6, 6.07) is 6.46. The Balaban J connectivity index is 2.52. The topological polar surface area (TPSA) is 9.23 Å². The maximum atomic E-state index is 5.46. The van der Waals surface area contributed by atoms with Crippen LogP contribution in [0.5, 0.6) is 5.75 Å². The first kappa shape index (κ1) is 17.1. The molecule has 0 heterocycles. The second-order valence-corrected chi connectivity index (χ2v) is 7.41. The van der Waals surface area contributed by atoms with E-state index in [-0.39, 0.29) is 5.41 Å². The minimum atomic E-state index is 0.120. The lowest BCUT2D eigenvalue weighted by Gasteiger charge is -2.32. The van der Waals surface area contributed by atoms with Crippen LogP contribution < -0.4 is 4.74 Å². The van der Waals surface area contributed by atoms with Crippen LogP contribution in [0.2, 0.25) is 0 Å². The average molecular weight is 416 g/mol. The number of ether oxygens (including phenoxy) is 1. The van der Waals surface area contributed by atoms with Gasteiger partial charge in [0.2, 0.25) is 0 Å². The highest BCUT2D eigenvalue weighted by molar-refractivity contribution is 9.16. The molecular formula is C18H24Br2O. The van der Waals surface area contributed by atoms with Gasteiger partial charge in [0, 0.05) is 14.4 Å². The van der Waals surface area contributed by atoms with Crippen molar-refractivity contribution in [2.24, 2.45) is 0 Å². The van der Waals surface area contributed by atoms with Crippen LogP contribution in [0, 0.1) is 0 Å². The molecular weight excluding hydrogens is 392 g/mol. The molecule has 1 aromatic rings. The van der Waals surface area contributed by atoms with Gasteiger partial charge in [-0.05, 0) is 58.1 Å². The van der Waals surface area contributed by atoms with Crippen LogP contribution in [0.3, 0.4) is 0 Å². The van der Waals surface area contributed by atoms with Gasteiger partial charge in [-0.15, -0.1) is 0 Å². The summed E-state index contributed by atoms with van der Waals surface area (Å²) < 4.78 is 8.00. The Labute approximate surface area is 145 Å². The third kappa shape index (κ3) is 3.10. The normalized spacial score (nSPS) is 16.2. The fourth-order valence-corrected chi connectivity index (χ4v) is 4.80. The van der Waals surface area contributed by atoms with Crippen molar-refractivity contribution in [3.05, 3.63) is 33.8 Å². The van der Waals surface area contributed by atoms with Gasteiger partial charge in [0.25, 0.3) is 0 Å². The summed E-state index contributed by atoms with van der Waals surface area (Å²) in [6.07, 6.45) is 7.33. The smallest absolute Gasteiger partial charge is 0.119 e. The van der Waals surface area contributed by atoms with Gasteiger partial charge in [-0.2, -0.15) is 0 Å². The number of allylic oxidation sites excluding steroid dienone is 1. The molecule has 116 valence electrons. The first-order valence-corrected chi connectivity index (χ1v) is 9.44. The van der Waals surface area contributed by atoms with Crippen molar-refractivity contribution < 1.29 is 4.74 Å². The molecule has 0 atom stereocenters. The van der Waals surface area contributed by atoms with Gasteiger partial charge < -0.3 is 4.74 Å². The van der Waals surface area contributed by atoms with Crippen LogP contribution in [0.4, 0.5) is 0 Å². The molecule has 0 aromatic heterocycles. The molecule has 0 N–H and O–H groups in total. The highest BCUT2D eigenvalue weighted by atomic mass is 79.9. The number of rotatable bonds is 7. The Kier molecular flexibility index (Phi) is 5.96. The van der Waals surface area contributed by atoms with E-state index in [1.165, 1.54) is 58.6 Å². The van der Waals surface area contributed by atoms with Crippen molar-refractivity contribution in [3.63, 3.8) is 0 Å². The van der Waals surface area contributed by atoms with Gasteiger partial charge in [-0.1, -0.05) is 55.5 Å². The van der Waals surface area contributed by atoms with E-state index >= 15 is 0 Å². The molecule has 0 saturated heterocycles. The summed E-state index contributed by atoms with van der Waals surface area (Å²) in [6.45, 7) is 4.53. The molecule has 1 aliphatic rings. The van der Waals surface area contributed by atoms with Crippen molar-refractivity contribution in [1.82, 2.24) is 0 Å². The Morgan fingerprint density at radius 3 is 2.19 bits per heavy atom. The van der Waals surface area contributed by atoms with E-state index in [9.17, 15) is 0 Å². The van der Waals surface area contributed by atoms with Crippen molar-refractivity contribution in [2.75, 3.05) is 7.11 Å². The highest BCUT2D eigenvalue weighted by Crippen LogP contribution is 2.56. The largest absolute Gasteiger partial charge is 0.497 e. The quantitative estimate of drug-likeness (QED) is 0.476. The lowest BCUT2D eigenvalue weighted by molar-refractivity contribution is 0.402. The third-order valence-corrected chi connectivity index (χ3v) is 7.02. The zero-order valence-corrected chi connectivity index (χ0v) is 16.3. The first-order valence-electron chi connectivity index (χ1n) is 7.85. The highest BCUT2D eigenvalue weighted by Gasteiger charge is 2.42. The van der Waals surface area contributed by atoms with Crippen molar-refractivity contribution in [2.45, 2.75) is 57.8 Å². The molecule has 0 amide bonds. The molecule has 1 aliphatic carbocycles. The minimum absolute atomic E-state index is 0.120.